The minimum atomic E-state index is -1.04. The van der Waals surface area contributed by atoms with Gasteiger partial charge >= 0.3 is 5.97 Å². The fraction of sp³-hybridized carbons (Fsp3) is 0.286. The molecule has 150 valence electrons. The molecule has 4 rings (SSSR count). The van der Waals surface area contributed by atoms with Crippen LogP contribution in [0.25, 0.3) is 0 Å². The Kier molecular flexibility index (Phi) is 5.15. The smallest absolute Gasteiger partial charge is 0.313 e. The van der Waals surface area contributed by atoms with Crippen molar-refractivity contribution in [1.29, 1.82) is 0 Å². The van der Waals surface area contributed by atoms with Gasteiger partial charge in [-0.05, 0) is 49.2 Å². The Labute approximate surface area is 172 Å². The van der Waals surface area contributed by atoms with E-state index in [1.807, 2.05) is 0 Å². The average molecular weight is 415 g/mol. The van der Waals surface area contributed by atoms with E-state index in [9.17, 15) is 14.4 Å². The summed E-state index contributed by atoms with van der Waals surface area (Å²) in [5.41, 5.74) is 1.95. The Bertz CT molecular complexity index is 993. The second-order valence-corrected chi connectivity index (χ2v) is 7.47. The Morgan fingerprint density at radius 3 is 2.90 bits per heavy atom. The highest BCUT2D eigenvalue weighted by molar-refractivity contribution is 6.30. The Hall–Kier alpha value is -3.06. The van der Waals surface area contributed by atoms with Crippen LogP contribution in [-0.2, 0) is 25.5 Å². The number of rotatable bonds is 3. The number of para-hydroxylation sites is 2. The lowest BCUT2D eigenvalue weighted by molar-refractivity contribution is -0.159. The van der Waals surface area contributed by atoms with Crippen LogP contribution >= 0.6 is 11.6 Å². The monoisotopic (exact) mass is 414 g/mol. The Morgan fingerprint density at radius 2 is 2.07 bits per heavy atom. The van der Waals surface area contributed by atoms with Crippen LogP contribution in [-0.4, -0.2) is 37.0 Å². The first-order valence-electron chi connectivity index (χ1n) is 9.24. The molecule has 0 fully saturated rings. The minimum Gasteiger partial charge on any atom is -0.492 e. The van der Waals surface area contributed by atoms with Crippen molar-refractivity contribution in [3.63, 3.8) is 0 Å². The number of nitrogens with one attached hydrogen (secondary N) is 1. The molecule has 2 atom stereocenters. The number of hydrogen-bond donors (Lipinski definition) is 1. The fourth-order valence-corrected chi connectivity index (χ4v) is 3.68. The fourth-order valence-electron chi connectivity index (χ4n) is 3.48. The Morgan fingerprint density at radius 1 is 1.28 bits per heavy atom. The summed E-state index contributed by atoms with van der Waals surface area (Å²) in [5, 5.41) is 3.28. The first-order valence-corrected chi connectivity index (χ1v) is 9.62. The number of anilines is 2. The second kappa shape index (κ2) is 7.75. The summed E-state index contributed by atoms with van der Waals surface area (Å²) in [7, 11) is 0. The molecule has 0 aliphatic carbocycles. The molecule has 2 heterocycles. The lowest BCUT2D eigenvalue weighted by atomic mass is 9.97. The van der Waals surface area contributed by atoms with E-state index in [0.29, 0.717) is 28.6 Å². The van der Waals surface area contributed by atoms with Gasteiger partial charge in [0.05, 0.1) is 17.3 Å². The van der Waals surface area contributed by atoms with Crippen molar-refractivity contribution in [3.8, 4) is 5.75 Å². The van der Waals surface area contributed by atoms with Crippen molar-refractivity contribution in [2.75, 3.05) is 23.4 Å². The lowest BCUT2D eigenvalue weighted by Crippen LogP contribution is -2.47. The van der Waals surface area contributed by atoms with Gasteiger partial charge in [-0.25, -0.2) is 0 Å². The minimum absolute atomic E-state index is 0.129. The maximum atomic E-state index is 12.9. The molecule has 0 radical (unpaired) electrons. The number of amides is 2. The van der Waals surface area contributed by atoms with Crippen LogP contribution in [0.4, 0.5) is 11.4 Å². The van der Waals surface area contributed by atoms with E-state index >= 15 is 0 Å². The highest BCUT2D eigenvalue weighted by Gasteiger charge is 2.34. The number of nitrogens with zero attached hydrogens (tertiary/aromatic N) is 1. The van der Waals surface area contributed by atoms with E-state index in [1.165, 1.54) is 11.8 Å². The van der Waals surface area contributed by atoms with Gasteiger partial charge in [0, 0.05) is 5.02 Å². The van der Waals surface area contributed by atoms with Gasteiger partial charge in [0.15, 0.2) is 6.10 Å². The zero-order valence-corrected chi connectivity index (χ0v) is 16.4. The highest BCUT2D eigenvalue weighted by atomic mass is 35.5. The van der Waals surface area contributed by atoms with Crippen molar-refractivity contribution in [3.05, 3.63) is 53.1 Å². The van der Waals surface area contributed by atoms with E-state index in [0.717, 1.165) is 5.56 Å². The molecule has 7 nitrogen and oxygen atoms in total. The van der Waals surface area contributed by atoms with Gasteiger partial charge < -0.3 is 14.8 Å². The molecule has 0 saturated heterocycles. The zero-order chi connectivity index (χ0) is 20.5. The van der Waals surface area contributed by atoms with Crippen LogP contribution < -0.4 is 15.0 Å². The lowest BCUT2D eigenvalue weighted by Gasteiger charge is -2.31. The van der Waals surface area contributed by atoms with Crippen molar-refractivity contribution < 1.29 is 23.9 Å². The van der Waals surface area contributed by atoms with Crippen LogP contribution in [0.2, 0.25) is 5.02 Å². The number of fused-ring (bicyclic) bond motifs is 2. The summed E-state index contributed by atoms with van der Waals surface area (Å²) in [5.74, 6) is -1.12. The molecule has 0 saturated carbocycles. The molecule has 2 aliphatic heterocycles. The SMILES string of the molecule is C[C@@H](OC(=O)[C@H]1COc2ccc(Cl)cc2C1)C(=O)N1CC(=O)Nc2ccccc21. The molecular formula is C21H19ClN2O5. The number of carbonyl (C=O) groups is 3. The van der Waals surface area contributed by atoms with Crippen molar-refractivity contribution >= 4 is 40.8 Å². The molecule has 2 amide bonds. The van der Waals surface area contributed by atoms with E-state index in [-0.39, 0.29) is 19.1 Å². The number of benzene rings is 2. The number of hydrogen-bond acceptors (Lipinski definition) is 5. The van der Waals surface area contributed by atoms with E-state index in [1.54, 1.807) is 42.5 Å². The molecule has 0 aromatic heterocycles. The van der Waals surface area contributed by atoms with Gasteiger partial charge in [0.25, 0.3) is 5.91 Å². The van der Waals surface area contributed by atoms with Gasteiger partial charge in [0.1, 0.15) is 18.9 Å². The predicted molar refractivity (Wildman–Crippen MR) is 107 cm³/mol. The highest BCUT2D eigenvalue weighted by Crippen LogP contribution is 2.31. The third-order valence-corrected chi connectivity index (χ3v) is 5.17. The van der Waals surface area contributed by atoms with Crippen LogP contribution in [0.5, 0.6) is 5.75 Å². The van der Waals surface area contributed by atoms with E-state index in [2.05, 4.69) is 5.32 Å². The van der Waals surface area contributed by atoms with E-state index < -0.39 is 23.9 Å². The number of ether oxygens (including phenoxy) is 2. The molecule has 2 aromatic rings. The summed E-state index contributed by atoms with van der Waals surface area (Å²) in [6, 6.07) is 12.2. The van der Waals surface area contributed by atoms with Crippen LogP contribution in [0.15, 0.2) is 42.5 Å². The molecule has 0 unspecified atom stereocenters. The number of carbonyl (C=O) groups excluding carboxylic acids is 3. The molecule has 8 heteroatoms. The molecule has 29 heavy (non-hydrogen) atoms. The summed E-state index contributed by atoms with van der Waals surface area (Å²) in [6.45, 7) is 1.54. The molecule has 1 N–H and O–H groups in total. The molecular weight excluding hydrogens is 396 g/mol. The van der Waals surface area contributed by atoms with Gasteiger partial charge in [-0.1, -0.05) is 23.7 Å². The molecule has 0 bridgehead atoms. The quantitative estimate of drug-likeness (QED) is 0.780. The van der Waals surface area contributed by atoms with Gasteiger partial charge in [-0.15, -0.1) is 0 Å². The van der Waals surface area contributed by atoms with Crippen molar-refractivity contribution in [1.82, 2.24) is 0 Å². The van der Waals surface area contributed by atoms with Crippen molar-refractivity contribution in [2.24, 2.45) is 5.92 Å². The molecule has 2 aliphatic rings. The predicted octanol–water partition coefficient (Wildman–Crippen LogP) is 2.81. The second-order valence-electron chi connectivity index (χ2n) is 7.03. The topological polar surface area (TPSA) is 84.9 Å². The van der Waals surface area contributed by atoms with Crippen LogP contribution in [0, 0.1) is 5.92 Å². The third-order valence-electron chi connectivity index (χ3n) is 4.94. The standard InChI is InChI=1S/C21H19ClN2O5/c1-12(20(26)24-10-19(25)23-16-4-2-3-5-17(16)24)29-21(27)14-8-13-9-15(22)6-7-18(13)28-11-14/h2-7,9,12,14H,8,10-11H2,1H3,(H,23,25)/t12-,14-/m1/s1. The average Bonchev–Trinajstić information content (AvgIpc) is 2.71. The van der Waals surface area contributed by atoms with Crippen molar-refractivity contribution in [2.45, 2.75) is 19.4 Å². The first-order chi connectivity index (χ1) is 13.9. The molecule has 2 aromatic carbocycles. The summed E-state index contributed by atoms with van der Waals surface area (Å²) >= 11 is 6.01. The van der Waals surface area contributed by atoms with Gasteiger partial charge in [0.2, 0.25) is 5.91 Å². The molecule has 0 spiro atoms. The van der Waals surface area contributed by atoms with E-state index in [4.69, 9.17) is 21.1 Å². The van der Waals surface area contributed by atoms with Gasteiger partial charge in [-0.2, -0.15) is 0 Å². The summed E-state index contributed by atoms with van der Waals surface area (Å²) in [6.07, 6.45) is -0.618. The third kappa shape index (κ3) is 3.91. The summed E-state index contributed by atoms with van der Waals surface area (Å²) < 4.78 is 11.0. The Balaban J connectivity index is 1.44. The van der Waals surface area contributed by atoms with Gasteiger partial charge in [-0.3, -0.25) is 19.3 Å². The number of esters is 1. The first kappa shape index (κ1) is 19.3. The normalized spacial score (nSPS) is 18.6. The number of halogens is 1. The maximum absolute atomic E-state index is 12.9. The van der Waals surface area contributed by atoms with Crippen LogP contribution in [0.3, 0.4) is 0 Å². The van der Waals surface area contributed by atoms with Crippen LogP contribution in [0.1, 0.15) is 12.5 Å². The largest absolute Gasteiger partial charge is 0.492 e. The maximum Gasteiger partial charge on any atom is 0.313 e. The zero-order valence-electron chi connectivity index (χ0n) is 15.7. The summed E-state index contributed by atoms with van der Waals surface area (Å²) in [4.78, 5) is 38.8.